The first-order chi connectivity index (χ1) is 8.39. The van der Waals surface area contributed by atoms with Gasteiger partial charge >= 0.3 is 7.82 Å². The molecule has 2 N–H and O–H groups in total. The molecule has 0 spiro atoms. The van der Waals surface area contributed by atoms with Gasteiger partial charge in [0.15, 0.2) is 0 Å². The molecule has 0 saturated carbocycles. The summed E-state index contributed by atoms with van der Waals surface area (Å²) >= 11 is 0. The van der Waals surface area contributed by atoms with Gasteiger partial charge in [0.2, 0.25) is 5.91 Å². The van der Waals surface area contributed by atoms with E-state index in [4.69, 9.17) is 4.89 Å². The first kappa shape index (κ1) is 17.3. The average Bonchev–Trinajstić information content (AvgIpc) is 2.32. The van der Waals surface area contributed by atoms with Gasteiger partial charge in [-0.3, -0.25) is 13.8 Å². The molecule has 0 rings (SSSR count). The molecule has 0 aliphatic rings. The molecule has 0 saturated heterocycles. The minimum absolute atomic E-state index is 0.125. The van der Waals surface area contributed by atoms with Crippen molar-refractivity contribution in [3.63, 3.8) is 0 Å². The second kappa shape index (κ2) is 9.28. The van der Waals surface area contributed by atoms with E-state index in [9.17, 15) is 9.36 Å². The highest BCUT2D eigenvalue weighted by Gasteiger charge is 2.17. The highest BCUT2D eigenvalue weighted by atomic mass is 31.2. The Balaban J connectivity index is 3.34. The van der Waals surface area contributed by atoms with Crippen molar-refractivity contribution < 1.29 is 23.3 Å². The molecule has 1 amide bonds. The van der Waals surface area contributed by atoms with E-state index in [-0.39, 0.29) is 12.5 Å². The summed E-state index contributed by atoms with van der Waals surface area (Å²) in [5, 5.41) is 2.73. The van der Waals surface area contributed by atoms with E-state index in [1.807, 2.05) is 0 Å². The Hall–Kier alpha value is -0.680. The van der Waals surface area contributed by atoms with Crippen LogP contribution in [-0.2, 0) is 18.4 Å². The highest BCUT2D eigenvalue weighted by Crippen LogP contribution is 2.41. The Morgan fingerprint density at radius 3 is 2.50 bits per heavy atom. The lowest BCUT2D eigenvalue weighted by atomic mass is 10.2. The molecule has 1 unspecified atom stereocenters. The molecule has 0 aromatic heterocycles. The molecular formula is C11H22NO5P. The van der Waals surface area contributed by atoms with Gasteiger partial charge in [-0.05, 0) is 19.8 Å². The quantitative estimate of drug-likeness (QED) is 0.363. The van der Waals surface area contributed by atoms with Gasteiger partial charge in [0.25, 0.3) is 0 Å². The normalized spacial score (nSPS) is 13.9. The molecule has 0 heterocycles. The third kappa shape index (κ3) is 9.36. The Labute approximate surface area is 108 Å². The maximum atomic E-state index is 11.1. The van der Waals surface area contributed by atoms with Crippen LogP contribution in [0.25, 0.3) is 0 Å². The molecule has 0 aromatic rings. The smallest absolute Gasteiger partial charge is 0.352 e. The maximum absolute atomic E-state index is 11.1. The van der Waals surface area contributed by atoms with Crippen molar-refractivity contribution in [3.8, 4) is 0 Å². The van der Waals surface area contributed by atoms with E-state index < -0.39 is 7.82 Å². The van der Waals surface area contributed by atoms with Crippen molar-refractivity contribution in [1.29, 1.82) is 0 Å². The van der Waals surface area contributed by atoms with E-state index in [0.717, 1.165) is 26.4 Å². The molecular weight excluding hydrogens is 257 g/mol. The number of unbranched alkanes of at least 4 members (excludes halogenated alkanes) is 3. The standard InChI is InChI=1S/C11H22NO5P/c1-10(2)11(13)12-8-6-4-5-7-9-17-18(14,15)16-3/h1,4-9H2,2-3H3,(H,12,13)(H,14,15). The predicted octanol–water partition coefficient (Wildman–Crippen LogP) is 2.00. The van der Waals surface area contributed by atoms with Crippen molar-refractivity contribution in [2.75, 3.05) is 20.3 Å². The summed E-state index contributed by atoms with van der Waals surface area (Å²) in [5.41, 5.74) is 0.502. The molecule has 0 fully saturated rings. The van der Waals surface area contributed by atoms with Crippen LogP contribution in [0.1, 0.15) is 32.6 Å². The second-order valence-electron chi connectivity index (χ2n) is 3.93. The molecule has 6 nitrogen and oxygen atoms in total. The summed E-state index contributed by atoms with van der Waals surface area (Å²) in [6.45, 7) is 6.01. The van der Waals surface area contributed by atoms with E-state index >= 15 is 0 Å². The number of phosphoric ester groups is 1. The van der Waals surface area contributed by atoms with E-state index in [1.54, 1.807) is 6.92 Å². The van der Waals surface area contributed by atoms with Crippen molar-refractivity contribution >= 4 is 13.7 Å². The number of rotatable bonds is 10. The summed E-state index contributed by atoms with van der Waals surface area (Å²) in [5.74, 6) is -0.125. The van der Waals surface area contributed by atoms with Crippen LogP contribution in [-0.4, -0.2) is 31.1 Å². The number of carbonyl (C=O) groups excluding carboxylic acids is 1. The van der Waals surface area contributed by atoms with Gasteiger partial charge in [-0.15, -0.1) is 0 Å². The topological polar surface area (TPSA) is 84.9 Å². The summed E-state index contributed by atoms with van der Waals surface area (Å²) in [4.78, 5) is 20.1. The third-order valence-corrected chi connectivity index (χ3v) is 3.20. The van der Waals surface area contributed by atoms with Gasteiger partial charge < -0.3 is 10.2 Å². The fourth-order valence-electron chi connectivity index (χ4n) is 1.17. The van der Waals surface area contributed by atoms with Crippen LogP contribution in [0.15, 0.2) is 12.2 Å². The lowest BCUT2D eigenvalue weighted by Crippen LogP contribution is -2.24. The van der Waals surface area contributed by atoms with Crippen LogP contribution < -0.4 is 5.32 Å². The zero-order valence-corrected chi connectivity index (χ0v) is 11.9. The Morgan fingerprint density at radius 1 is 1.33 bits per heavy atom. The SMILES string of the molecule is C=C(C)C(=O)NCCCCCCOP(=O)(O)OC. The van der Waals surface area contributed by atoms with Gasteiger partial charge in [0, 0.05) is 19.2 Å². The Morgan fingerprint density at radius 2 is 1.94 bits per heavy atom. The number of carbonyl (C=O) groups is 1. The largest absolute Gasteiger partial charge is 0.471 e. The van der Waals surface area contributed by atoms with Crippen LogP contribution in [0.5, 0.6) is 0 Å². The van der Waals surface area contributed by atoms with Crippen molar-refractivity contribution in [2.45, 2.75) is 32.6 Å². The highest BCUT2D eigenvalue weighted by molar-refractivity contribution is 7.47. The predicted molar refractivity (Wildman–Crippen MR) is 69.1 cm³/mol. The summed E-state index contributed by atoms with van der Waals surface area (Å²) in [6, 6.07) is 0. The lowest BCUT2D eigenvalue weighted by Gasteiger charge is -2.08. The van der Waals surface area contributed by atoms with Crippen LogP contribution >= 0.6 is 7.82 Å². The lowest BCUT2D eigenvalue weighted by molar-refractivity contribution is -0.117. The summed E-state index contributed by atoms with van der Waals surface area (Å²) < 4.78 is 19.8. The van der Waals surface area contributed by atoms with Gasteiger partial charge in [-0.1, -0.05) is 19.4 Å². The van der Waals surface area contributed by atoms with Crippen LogP contribution in [0, 0.1) is 0 Å². The van der Waals surface area contributed by atoms with Crippen molar-refractivity contribution in [1.82, 2.24) is 5.32 Å². The van der Waals surface area contributed by atoms with E-state index in [0.29, 0.717) is 18.5 Å². The molecule has 0 bridgehead atoms. The van der Waals surface area contributed by atoms with Crippen LogP contribution in [0.3, 0.4) is 0 Å². The first-order valence-corrected chi connectivity index (χ1v) is 7.35. The minimum atomic E-state index is -3.83. The molecule has 106 valence electrons. The summed E-state index contributed by atoms with van der Waals surface area (Å²) in [7, 11) is -2.70. The van der Waals surface area contributed by atoms with E-state index in [1.165, 1.54) is 0 Å². The van der Waals surface area contributed by atoms with Gasteiger partial charge in [-0.25, -0.2) is 4.57 Å². The molecule has 18 heavy (non-hydrogen) atoms. The molecule has 0 aliphatic carbocycles. The van der Waals surface area contributed by atoms with Crippen molar-refractivity contribution in [2.24, 2.45) is 0 Å². The third-order valence-electron chi connectivity index (χ3n) is 2.23. The number of phosphoric acid groups is 1. The molecule has 0 aromatic carbocycles. The molecule has 0 aliphatic heterocycles. The second-order valence-corrected chi connectivity index (χ2v) is 5.50. The monoisotopic (exact) mass is 279 g/mol. The Kier molecular flexibility index (Phi) is 8.93. The Bertz CT molecular complexity index is 319. The van der Waals surface area contributed by atoms with Gasteiger partial charge in [0.05, 0.1) is 6.61 Å². The maximum Gasteiger partial charge on any atom is 0.471 e. The number of hydrogen-bond donors (Lipinski definition) is 2. The fraction of sp³-hybridized carbons (Fsp3) is 0.727. The summed E-state index contributed by atoms with van der Waals surface area (Å²) in [6.07, 6.45) is 3.33. The first-order valence-electron chi connectivity index (χ1n) is 5.86. The van der Waals surface area contributed by atoms with Gasteiger partial charge in [0.1, 0.15) is 0 Å². The fourth-order valence-corrected chi connectivity index (χ4v) is 1.63. The van der Waals surface area contributed by atoms with E-state index in [2.05, 4.69) is 20.9 Å². The molecule has 7 heteroatoms. The molecule has 1 atom stereocenters. The zero-order chi connectivity index (χ0) is 14.0. The van der Waals surface area contributed by atoms with Crippen LogP contribution in [0.4, 0.5) is 0 Å². The number of hydrogen-bond acceptors (Lipinski definition) is 4. The zero-order valence-electron chi connectivity index (χ0n) is 11.0. The van der Waals surface area contributed by atoms with Crippen molar-refractivity contribution in [3.05, 3.63) is 12.2 Å². The number of nitrogens with one attached hydrogen (secondary N) is 1. The van der Waals surface area contributed by atoms with Crippen LogP contribution in [0.2, 0.25) is 0 Å². The minimum Gasteiger partial charge on any atom is -0.352 e. The number of amides is 1. The molecule has 0 radical (unpaired) electrons. The van der Waals surface area contributed by atoms with Gasteiger partial charge in [-0.2, -0.15) is 0 Å². The average molecular weight is 279 g/mol.